The lowest BCUT2D eigenvalue weighted by molar-refractivity contribution is 0.785. The molecule has 2 aliphatic heterocycles. The number of hydrogen-bond acceptors (Lipinski definition) is 1. The quantitative estimate of drug-likeness (QED) is 0.304. The molecule has 3 heterocycles. The number of rotatable bonds is 0. The van der Waals surface area contributed by atoms with E-state index in [2.05, 4.69) is 101 Å². The van der Waals surface area contributed by atoms with E-state index >= 15 is 0 Å². The molecular weight excluding hydrogens is 364 g/mol. The number of hydrogen-bond donors (Lipinski definition) is 1. The van der Waals surface area contributed by atoms with Gasteiger partial charge >= 0.3 is 0 Å². The molecule has 140 valence electrons. The summed E-state index contributed by atoms with van der Waals surface area (Å²) in [6, 6.07) is 26.9. The Morgan fingerprint density at radius 2 is 1.53 bits per heavy atom. The fourth-order valence-corrected chi connectivity index (χ4v) is 6.19. The molecule has 8 rings (SSSR count). The van der Waals surface area contributed by atoms with Crippen LogP contribution in [0.1, 0.15) is 17.0 Å². The fourth-order valence-electron chi connectivity index (χ4n) is 6.19. The highest BCUT2D eigenvalue weighted by Gasteiger charge is 2.48. The number of nitrogens with one attached hydrogen (secondary N) is 1. The van der Waals surface area contributed by atoms with Crippen LogP contribution in [0.15, 0.2) is 91.0 Å². The Labute approximate surface area is 173 Å². The molecule has 0 saturated heterocycles. The number of nitrogens with zero attached hydrogens (tertiary/aromatic N) is 1. The number of aromatic nitrogens is 1. The van der Waals surface area contributed by atoms with Gasteiger partial charge in [-0.25, -0.2) is 0 Å². The summed E-state index contributed by atoms with van der Waals surface area (Å²) in [5.41, 5.74) is 9.49. The van der Waals surface area contributed by atoms with Crippen LogP contribution >= 0.6 is 0 Å². The Hall–Kier alpha value is -3.78. The van der Waals surface area contributed by atoms with Gasteiger partial charge in [0.25, 0.3) is 0 Å². The molecule has 0 spiro atoms. The van der Waals surface area contributed by atoms with Gasteiger partial charge in [-0.05, 0) is 28.7 Å². The molecule has 0 bridgehead atoms. The SMILES string of the molecule is C1=CC2c3c(c4c5ccccc5[nH]c4c4ccccc34)N3c4ccccc4C(=C1)C23. The van der Waals surface area contributed by atoms with Gasteiger partial charge in [-0.15, -0.1) is 0 Å². The predicted molar refractivity (Wildman–Crippen MR) is 126 cm³/mol. The smallest absolute Gasteiger partial charge is 0.0702 e. The summed E-state index contributed by atoms with van der Waals surface area (Å²) in [6.45, 7) is 0. The Balaban J connectivity index is 1.65. The van der Waals surface area contributed by atoms with Crippen LogP contribution in [0, 0.1) is 0 Å². The molecule has 30 heavy (non-hydrogen) atoms. The maximum absolute atomic E-state index is 3.75. The van der Waals surface area contributed by atoms with E-state index in [9.17, 15) is 0 Å². The monoisotopic (exact) mass is 382 g/mol. The number of para-hydroxylation sites is 2. The van der Waals surface area contributed by atoms with E-state index in [4.69, 9.17) is 0 Å². The Bertz CT molecular complexity index is 1610. The zero-order valence-corrected chi connectivity index (χ0v) is 16.3. The third-order valence-corrected chi connectivity index (χ3v) is 7.26. The van der Waals surface area contributed by atoms with Crippen molar-refractivity contribution in [3.63, 3.8) is 0 Å². The zero-order valence-electron chi connectivity index (χ0n) is 16.3. The predicted octanol–water partition coefficient (Wildman–Crippen LogP) is 7.05. The van der Waals surface area contributed by atoms with Crippen LogP contribution in [0.3, 0.4) is 0 Å². The van der Waals surface area contributed by atoms with Crippen LogP contribution in [0.2, 0.25) is 0 Å². The third-order valence-electron chi connectivity index (χ3n) is 7.26. The van der Waals surface area contributed by atoms with Crippen LogP contribution in [0.4, 0.5) is 11.4 Å². The van der Waals surface area contributed by atoms with Gasteiger partial charge in [-0.2, -0.15) is 0 Å². The van der Waals surface area contributed by atoms with Crippen molar-refractivity contribution < 1.29 is 0 Å². The summed E-state index contributed by atoms with van der Waals surface area (Å²) < 4.78 is 0. The number of fused-ring (bicyclic) bond motifs is 13. The van der Waals surface area contributed by atoms with Crippen molar-refractivity contribution in [2.24, 2.45) is 0 Å². The van der Waals surface area contributed by atoms with E-state index in [0.717, 1.165) is 0 Å². The highest BCUT2D eigenvalue weighted by atomic mass is 15.2. The van der Waals surface area contributed by atoms with Gasteiger partial charge in [0.2, 0.25) is 0 Å². The van der Waals surface area contributed by atoms with Gasteiger partial charge in [0.05, 0.1) is 17.2 Å². The van der Waals surface area contributed by atoms with Gasteiger partial charge < -0.3 is 9.88 Å². The van der Waals surface area contributed by atoms with E-state index in [1.54, 1.807) is 0 Å². The van der Waals surface area contributed by atoms with Gasteiger partial charge in [0.15, 0.2) is 0 Å². The minimum absolute atomic E-state index is 0.352. The standard InChI is InChI=1S/C28H18N2/c1-2-10-18-17(9-1)24-21-13-7-12-19-16-8-4-6-15-23(16)30(27(19)21)28(24)25-20-11-3-5-14-22(20)29-26(18)25/h1-15,21,27,29H. The van der Waals surface area contributed by atoms with Crippen molar-refractivity contribution in [1.82, 2.24) is 4.98 Å². The van der Waals surface area contributed by atoms with Gasteiger partial charge in [-0.1, -0.05) is 78.9 Å². The van der Waals surface area contributed by atoms with Crippen molar-refractivity contribution in [3.05, 3.63) is 102 Å². The minimum Gasteiger partial charge on any atom is -0.354 e. The van der Waals surface area contributed by atoms with Crippen molar-refractivity contribution in [2.75, 3.05) is 4.90 Å². The normalized spacial score (nSPS) is 20.7. The first-order valence-corrected chi connectivity index (χ1v) is 10.6. The summed E-state index contributed by atoms with van der Waals surface area (Å²) in [7, 11) is 0. The van der Waals surface area contributed by atoms with Gasteiger partial charge in [-0.3, -0.25) is 0 Å². The fraction of sp³-hybridized carbons (Fsp3) is 0.0714. The molecule has 0 fully saturated rings. The summed E-state index contributed by atoms with van der Waals surface area (Å²) in [5.74, 6) is 0.371. The van der Waals surface area contributed by atoms with E-state index < -0.39 is 0 Å². The Kier molecular flexibility index (Phi) is 2.53. The molecule has 0 saturated carbocycles. The van der Waals surface area contributed by atoms with E-state index in [1.165, 1.54) is 60.7 Å². The molecule has 4 aromatic carbocycles. The number of benzene rings is 4. The number of anilines is 2. The molecule has 2 nitrogen and oxygen atoms in total. The molecular formula is C28H18N2. The van der Waals surface area contributed by atoms with Crippen molar-refractivity contribution in [2.45, 2.75) is 12.0 Å². The Morgan fingerprint density at radius 1 is 0.767 bits per heavy atom. The molecule has 0 amide bonds. The average molecular weight is 382 g/mol. The van der Waals surface area contributed by atoms with Crippen LogP contribution in [0.25, 0.3) is 38.2 Å². The van der Waals surface area contributed by atoms with Crippen molar-refractivity contribution >= 4 is 49.5 Å². The summed E-state index contributed by atoms with van der Waals surface area (Å²) in [5, 5.41) is 5.36. The third kappa shape index (κ3) is 1.57. The number of aromatic amines is 1. The second kappa shape index (κ2) is 5.03. The lowest BCUT2D eigenvalue weighted by atomic mass is 9.82. The second-order valence-electron chi connectivity index (χ2n) is 8.59. The maximum atomic E-state index is 3.75. The average Bonchev–Trinajstić information content (AvgIpc) is 3.46. The molecule has 1 aliphatic carbocycles. The van der Waals surface area contributed by atoms with Gasteiger partial charge in [0.1, 0.15) is 0 Å². The van der Waals surface area contributed by atoms with E-state index in [0.29, 0.717) is 12.0 Å². The van der Waals surface area contributed by atoms with E-state index in [-0.39, 0.29) is 0 Å². The molecule has 3 aliphatic rings. The van der Waals surface area contributed by atoms with Crippen LogP contribution in [-0.2, 0) is 0 Å². The second-order valence-corrected chi connectivity index (χ2v) is 8.59. The molecule has 2 unspecified atom stereocenters. The summed E-state index contributed by atoms with van der Waals surface area (Å²) >= 11 is 0. The highest BCUT2D eigenvalue weighted by molar-refractivity contribution is 6.26. The highest BCUT2D eigenvalue weighted by Crippen LogP contribution is 2.61. The lowest BCUT2D eigenvalue weighted by Crippen LogP contribution is -2.26. The van der Waals surface area contributed by atoms with Crippen LogP contribution in [-0.4, -0.2) is 11.0 Å². The first-order chi connectivity index (χ1) is 14.9. The molecule has 2 heteroatoms. The maximum Gasteiger partial charge on any atom is 0.0702 e. The summed E-state index contributed by atoms with van der Waals surface area (Å²) in [6.07, 6.45) is 6.99. The first-order valence-electron chi connectivity index (χ1n) is 10.6. The van der Waals surface area contributed by atoms with E-state index in [1.807, 2.05) is 0 Å². The molecule has 5 aromatic rings. The van der Waals surface area contributed by atoms with Crippen LogP contribution < -0.4 is 4.90 Å². The van der Waals surface area contributed by atoms with Crippen molar-refractivity contribution in [1.29, 1.82) is 0 Å². The topological polar surface area (TPSA) is 19.0 Å². The first kappa shape index (κ1) is 15.1. The Morgan fingerprint density at radius 3 is 2.47 bits per heavy atom. The molecule has 2 atom stereocenters. The molecule has 1 aromatic heterocycles. The largest absolute Gasteiger partial charge is 0.354 e. The molecule has 0 radical (unpaired) electrons. The minimum atomic E-state index is 0.352. The summed E-state index contributed by atoms with van der Waals surface area (Å²) in [4.78, 5) is 6.38. The molecule has 1 N–H and O–H groups in total. The lowest BCUT2D eigenvalue weighted by Gasteiger charge is -2.24. The number of H-pyrrole nitrogens is 1. The number of allylic oxidation sites excluding steroid dienone is 2. The van der Waals surface area contributed by atoms with Crippen molar-refractivity contribution in [3.8, 4) is 0 Å². The van der Waals surface area contributed by atoms with Crippen LogP contribution in [0.5, 0.6) is 0 Å². The van der Waals surface area contributed by atoms with Gasteiger partial charge in [0, 0.05) is 38.8 Å². The zero-order chi connectivity index (χ0) is 19.4.